The Hall–Kier alpha value is -0.990. The molecule has 0 spiro atoms. The highest BCUT2D eigenvalue weighted by Gasteiger charge is 2.05. The van der Waals surface area contributed by atoms with E-state index in [4.69, 9.17) is 0 Å². The van der Waals surface area contributed by atoms with Crippen molar-refractivity contribution in [3.05, 3.63) is 21.7 Å². The second-order valence-electron chi connectivity index (χ2n) is 2.35. The molecule has 0 unspecified atom stereocenters. The van der Waals surface area contributed by atoms with Crippen molar-refractivity contribution < 1.29 is 4.52 Å². The number of hydrogen-bond donors (Lipinski definition) is 1. The molecule has 10 heavy (non-hydrogen) atoms. The minimum absolute atomic E-state index is 0.223. The molecule has 1 rings (SSSR count). The van der Waals surface area contributed by atoms with E-state index in [0.29, 0.717) is 0 Å². The molecule has 0 saturated heterocycles. The van der Waals surface area contributed by atoms with Gasteiger partial charge in [0.15, 0.2) is 0 Å². The third-order valence-electron chi connectivity index (χ3n) is 1.50. The SMILES string of the molecule is CCCc1c(C)[nH]oc1=O. The second-order valence-corrected chi connectivity index (χ2v) is 2.35. The summed E-state index contributed by atoms with van der Waals surface area (Å²) in [6.07, 6.45) is 1.78. The van der Waals surface area contributed by atoms with Gasteiger partial charge in [0.2, 0.25) is 0 Å². The summed E-state index contributed by atoms with van der Waals surface area (Å²) in [7, 11) is 0. The van der Waals surface area contributed by atoms with Gasteiger partial charge in [-0.2, -0.15) is 0 Å². The van der Waals surface area contributed by atoms with Gasteiger partial charge < -0.3 is 4.52 Å². The zero-order chi connectivity index (χ0) is 7.56. The molecule has 1 aromatic rings. The van der Waals surface area contributed by atoms with Crippen LogP contribution in [0, 0.1) is 6.92 Å². The van der Waals surface area contributed by atoms with Gasteiger partial charge >= 0.3 is 5.63 Å². The average molecular weight is 141 g/mol. The fraction of sp³-hybridized carbons (Fsp3) is 0.571. The normalized spacial score (nSPS) is 10.2. The first-order valence-electron chi connectivity index (χ1n) is 3.42. The highest BCUT2D eigenvalue weighted by molar-refractivity contribution is 5.12. The first-order valence-corrected chi connectivity index (χ1v) is 3.42. The molecule has 1 N–H and O–H groups in total. The van der Waals surface area contributed by atoms with Crippen LogP contribution in [-0.2, 0) is 6.42 Å². The summed E-state index contributed by atoms with van der Waals surface area (Å²) < 4.78 is 4.57. The Kier molecular flexibility index (Phi) is 1.94. The summed E-state index contributed by atoms with van der Waals surface area (Å²) in [5.41, 5.74) is 1.41. The minimum Gasteiger partial charge on any atom is -0.339 e. The molecule has 3 heteroatoms. The lowest BCUT2D eigenvalue weighted by atomic mass is 10.1. The largest absolute Gasteiger partial charge is 0.360 e. The van der Waals surface area contributed by atoms with Crippen molar-refractivity contribution in [2.75, 3.05) is 0 Å². The van der Waals surface area contributed by atoms with Crippen LogP contribution in [0.25, 0.3) is 0 Å². The van der Waals surface area contributed by atoms with E-state index in [1.807, 2.05) is 13.8 Å². The molecule has 0 bridgehead atoms. The maximum atomic E-state index is 10.8. The first-order chi connectivity index (χ1) is 4.75. The standard InChI is InChI=1S/C7H11NO2/c1-3-4-6-5(2)8-10-7(6)9/h8H,3-4H2,1-2H3. The van der Waals surface area contributed by atoms with E-state index in [-0.39, 0.29) is 5.63 Å². The summed E-state index contributed by atoms with van der Waals surface area (Å²) in [4.78, 5) is 10.8. The van der Waals surface area contributed by atoms with Gasteiger partial charge in [0.05, 0.1) is 11.3 Å². The van der Waals surface area contributed by atoms with Crippen molar-refractivity contribution in [2.45, 2.75) is 26.7 Å². The van der Waals surface area contributed by atoms with E-state index in [9.17, 15) is 4.79 Å². The molecule has 1 aromatic heterocycles. The molecular weight excluding hydrogens is 130 g/mol. The number of aryl methyl sites for hydroxylation is 1. The Bertz CT molecular complexity index is 259. The quantitative estimate of drug-likeness (QED) is 0.673. The average Bonchev–Trinajstić information content (AvgIpc) is 2.20. The molecule has 56 valence electrons. The number of hydrogen-bond acceptors (Lipinski definition) is 2. The smallest absolute Gasteiger partial charge is 0.339 e. The number of H-pyrrole nitrogens is 1. The Morgan fingerprint density at radius 3 is 2.70 bits per heavy atom. The predicted molar refractivity (Wildman–Crippen MR) is 38.1 cm³/mol. The lowest BCUT2D eigenvalue weighted by molar-refractivity contribution is 0.386. The van der Waals surface area contributed by atoms with Gasteiger partial charge in [-0.15, -0.1) is 0 Å². The summed E-state index contributed by atoms with van der Waals surface area (Å²) in [5, 5.41) is 2.53. The van der Waals surface area contributed by atoms with Gasteiger partial charge in [-0.1, -0.05) is 13.3 Å². The fourth-order valence-corrected chi connectivity index (χ4v) is 0.939. The zero-order valence-electron chi connectivity index (χ0n) is 6.23. The van der Waals surface area contributed by atoms with Crippen molar-refractivity contribution in [3.8, 4) is 0 Å². The molecule has 3 nitrogen and oxygen atoms in total. The molecular formula is C7H11NO2. The molecule has 0 fully saturated rings. The molecule has 0 aliphatic carbocycles. The molecule has 0 radical (unpaired) electrons. The van der Waals surface area contributed by atoms with Crippen LogP contribution in [0.5, 0.6) is 0 Å². The maximum Gasteiger partial charge on any atom is 0.360 e. The Balaban J connectivity index is 2.99. The monoisotopic (exact) mass is 141 g/mol. The Morgan fingerprint density at radius 1 is 1.60 bits per heavy atom. The maximum absolute atomic E-state index is 10.8. The van der Waals surface area contributed by atoms with Crippen molar-refractivity contribution in [1.29, 1.82) is 0 Å². The summed E-state index contributed by atoms with van der Waals surface area (Å²) in [6.45, 7) is 3.88. The van der Waals surface area contributed by atoms with E-state index in [1.54, 1.807) is 0 Å². The third kappa shape index (κ3) is 1.12. The Labute approximate surface area is 59.0 Å². The van der Waals surface area contributed by atoms with Gasteiger partial charge in [-0.25, -0.2) is 9.95 Å². The van der Waals surface area contributed by atoms with Crippen LogP contribution in [0.1, 0.15) is 24.6 Å². The third-order valence-corrected chi connectivity index (χ3v) is 1.50. The lowest BCUT2D eigenvalue weighted by Gasteiger charge is -1.88. The second kappa shape index (κ2) is 2.73. The zero-order valence-corrected chi connectivity index (χ0v) is 6.23. The fourth-order valence-electron chi connectivity index (χ4n) is 0.939. The molecule has 0 aliphatic rings. The molecule has 0 amide bonds. The molecule has 0 saturated carbocycles. The minimum atomic E-state index is -0.223. The van der Waals surface area contributed by atoms with Crippen LogP contribution in [0.15, 0.2) is 9.32 Å². The van der Waals surface area contributed by atoms with E-state index in [2.05, 4.69) is 9.68 Å². The number of nitrogens with one attached hydrogen (secondary N) is 1. The topological polar surface area (TPSA) is 46.0 Å². The van der Waals surface area contributed by atoms with Crippen molar-refractivity contribution in [2.24, 2.45) is 0 Å². The molecule has 1 heterocycles. The van der Waals surface area contributed by atoms with E-state index in [0.717, 1.165) is 24.1 Å². The summed E-state index contributed by atoms with van der Waals surface area (Å²) in [6, 6.07) is 0. The molecule has 0 aliphatic heterocycles. The summed E-state index contributed by atoms with van der Waals surface area (Å²) >= 11 is 0. The van der Waals surface area contributed by atoms with Crippen molar-refractivity contribution in [3.63, 3.8) is 0 Å². The van der Waals surface area contributed by atoms with Gasteiger partial charge in [0.1, 0.15) is 0 Å². The van der Waals surface area contributed by atoms with Crippen LogP contribution < -0.4 is 5.63 Å². The van der Waals surface area contributed by atoms with Gasteiger partial charge in [-0.05, 0) is 13.3 Å². The Morgan fingerprint density at radius 2 is 2.30 bits per heavy atom. The van der Waals surface area contributed by atoms with Gasteiger partial charge in [0.25, 0.3) is 0 Å². The van der Waals surface area contributed by atoms with E-state index < -0.39 is 0 Å². The summed E-state index contributed by atoms with van der Waals surface area (Å²) in [5.74, 6) is 0. The highest BCUT2D eigenvalue weighted by Crippen LogP contribution is 2.00. The first kappa shape index (κ1) is 7.12. The van der Waals surface area contributed by atoms with E-state index in [1.165, 1.54) is 0 Å². The lowest BCUT2D eigenvalue weighted by Crippen LogP contribution is -2.01. The number of aromatic amines is 1. The number of rotatable bonds is 2. The molecule has 0 aromatic carbocycles. The van der Waals surface area contributed by atoms with E-state index >= 15 is 0 Å². The number of aromatic nitrogens is 1. The predicted octanol–water partition coefficient (Wildman–Crippen LogP) is 1.23. The van der Waals surface area contributed by atoms with Crippen LogP contribution >= 0.6 is 0 Å². The van der Waals surface area contributed by atoms with Crippen LogP contribution in [-0.4, -0.2) is 5.16 Å². The highest BCUT2D eigenvalue weighted by atomic mass is 16.5. The van der Waals surface area contributed by atoms with Gasteiger partial charge in [0, 0.05) is 0 Å². The molecule has 0 atom stereocenters. The van der Waals surface area contributed by atoms with Crippen LogP contribution in [0.2, 0.25) is 0 Å². The van der Waals surface area contributed by atoms with Crippen molar-refractivity contribution in [1.82, 2.24) is 5.16 Å². The van der Waals surface area contributed by atoms with Crippen LogP contribution in [0.4, 0.5) is 0 Å². The van der Waals surface area contributed by atoms with Crippen molar-refractivity contribution >= 4 is 0 Å². The van der Waals surface area contributed by atoms with Crippen LogP contribution in [0.3, 0.4) is 0 Å². The van der Waals surface area contributed by atoms with Gasteiger partial charge in [-0.3, -0.25) is 0 Å².